The first-order valence-electron chi connectivity index (χ1n) is 5.42. The SMILES string of the molecule is COc1cccc(-c2nc3cc(Cl)ccn3n2)c1. The molecular formula is C13H10ClN3O. The lowest BCUT2D eigenvalue weighted by Crippen LogP contribution is -1.87. The fourth-order valence-corrected chi connectivity index (χ4v) is 1.90. The van der Waals surface area contributed by atoms with E-state index in [9.17, 15) is 0 Å². The number of ether oxygens (including phenoxy) is 1. The predicted molar refractivity (Wildman–Crippen MR) is 70.0 cm³/mol. The number of hydrogen-bond donors (Lipinski definition) is 0. The number of fused-ring (bicyclic) bond motifs is 1. The van der Waals surface area contributed by atoms with Crippen molar-refractivity contribution in [1.29, 1.82) is 0 Å². The summed E-state index contributed by atoms with van der Waals surface area (Å²) in [6.07, 6.45) is 1.79. The van der Waals surface area contributed by atoms with Gasteiger partial charge in [-0.2, -0.15) is 0 Å². The van der Waals surface area contributed by atoms with Crippen LogP contribution in [0.3, 0.4) is 0 Å². The Morgan fingerprint density at radius 3 is 2.94 bits per heavy atom. The summed E-state index contributed by atoms with van der Waals surface area (Å²) in [5, 5.41) is 5.04. The van der Waals surface area contributed by atoms with E-state index >= 15 is 0 Å². The maximum atomic E-state index is 5.92. The van der Waals surface area contributed by atoms with Crippen LogP contribution in [0.1, 0.15) is 0 Å². The van der Waals surface area contributed by atoms with Crippen molar-refractivity contribution in [2.24, 2.45) is 0 Å². The zero-order valence-electron chi connectivity index (χ0n) is 9.67. The Kier molecular flexibility index (Phi) is 2.64. The standard InChI is InChI=1S/C13H10ClN3O/c1-18-11-4-2-3-9(7-11)13-15-12-8-10(14)5-6-17(12)16-13/h2-8H,1H3. The Labute approximate surface area is 109 Å². The summed E-state index contributed by atoms with van der Waals surface area (Å²) in [6, 6.07) is 11.2. The molecule has 0 aliphatic heterocycles. The van der Waals surface area contributed by atoms with E-state index in [2.05, 4.69) is 10.1 Å². The number of pyridine rings is 1. The summed E-state index contributed by atoms with van der Waals surface area (Å²) in [6.45, 7) is 0. The average Bonchev–Trinajstić information content (AvgIpc) is 2.81. The van der Waals surface area contributed by atoms with Crippen LogP contribution in [0.25, 0.3) is 17.0 Å². The van der Waals surface area contributed by atoms with Crippen molar-refractivity contribution < 1.29 is 4.74 Å². The van der Waals surface area contributed by atoms with Gasteiger partial charge in [-0.3, -0.25) is 0 Å². The van der Waals surface area contributed by atoms with Gasteiger partial charge in [-0.25, -0.2) is 9.50 Å². The third-order valence-corrected chi connectivity index (χ3v) is 2.86. The third kappa shape index (κ3) is 1.91. The van der Waals surface area contributed by atoms with Crippen molar-refractivity contribution in [2.75, 3.05) is 7.11 Å². The second kappa shape index (κ2) is 4.31. The quantitative estimate of drug-likeness (QED) is 0.710. The highest BCUT2D eigenvalue weighted by atomic mass is 35.5. The van der Waals surface area contributed by atoms with Crippen LogP contribution in [0.4, 0.5) is 0 Å². The molecule has 2 heterocycles. The van der Waals surface area contributed by atoms with Crippen molar-refractivity contribution in [3.05, 3.63) is 47.6 Å². The number of hydrogen-bond acceptors (Lipinski definition) is 3. The molecule has 3 aromatic rings. The minimum Gasteiger partial charge on any atom is -0.497 e. The zero-order valence-corrected chi connectivity index (χ0v) is 10.4. The van der Waals surface area contributed by atoms with Gasteiger partial charge in [0.25, 0.3) is 0 Å². The molecule has 1 aromatic carbocycles. The van der Waals surface area contributed by atoms with Crippen molar-refractivity contribution in [1.82, 2.24) is 14.6 Å². The number of methoxy groups -OCH3 is 1. The smallest absolute Gasteiger partial charge is 0.182 e. The Balaban J connectivity index is 2.13. The number of rotatable bonds is 2. The molecule has 0 amide bonds. The lowest BCUT2D eigenvalue weighted by atomic mass is 10.2. The normalized spacial score (nSPS) is 10.8. The number of nitrogens with zero attached hydrogens (tertiary/aromatic N) is 3. The molecule has 0 unspecified atom stereocenters. The van der Waals surface area contributed by atoms with Gasteiger partial charge >= 0.3 is 0 Å². The van der Waals surface area contributed by atoms with Crippen molar-refractivity contribution in [3.63, 3.8) is 0 Å². The Morgan fingerprint density at radius 2 is 2.11 bits per heavy atom. The number of halogens is 1. The minimum atomic E-state index is 0.645. The molecule has 0 atom stereocenters. The van der Waals surface area contributed by atoms with Crippen LogP contribution in [0.2, 0.25) is 5.02 Å². The van der Waals surface area contributed by atoms with Gasteiger partial charge < -0.3 is 4.74 Å². The highest BCUT2D eigenvalue weighted by molar-refractivity contribution is 6.30. The molecule has 0 fully saturated rings. The fraction of sp³-hybridized carbons (Fsp3) is 0.0769. The van der Waals surface area contributed by atoms with Gasteiger partial charge in [0.15, 0.2) is 11.5 Å². The summed E-state index contributed by atoms with van der Waals surface area (Å²) in [5.41, 5.74) is 1.63. The van der Waals surface area contributed by atoms with Crippen LogP contribution >= 0.6 is 11.6 Å². The maximum absolute atomic E-state index is 5.92. The average molecular weight is 260 g/mol. The van der Waals surface area contributed by atoms with Crippen LogP contribution in [0.15, 0.2) is 42.6 Å². The van der Waals surface area contributed by atoms with E-state index in [1.165, 1.54) is 0 Å². The van der Waals surface area contributed by atoms with Gasteiger partial charge in [0.2, 0.25) is 0 Å². The van der Waals surface area contributed by atoms with E-state index in [1.54, 1.807) is 30.0 Å². The molecule has 0 bridgehead atoms. The summed E-state index contributed by atoms with van der Waals surface area (Å²) in [7, 11) is 1.63. The van der Waals surface area contributed by atoms with E-state index in [0.717, 1.165) is 17.0 Å². The van der Waals surface area contributed by atoms with Crippen LogP contribution in [-0.4, -0.2) is 21.7 Å². The summed E-state index contributed by atoms with van der Waals surface area (Å²) >= 11 is 5.92. The topological polar surface area (TPSA) is 39.4 Å². The first kappa shape index (κ1) is 11.0. The molecule has 0 aliphatic carbocycles. The molecule has 0 saturated carbocycles. The molecule has 0 N–H and O–H groups in total. The first-order valence-corrected chi connectivity index (χ1v) is 5.80. The molecule has 0 radical (unpaired) electrons. The molecule has 2 aromatic heterocycles. The van der Waals surface area contributed by atoms with Gasteiger partial charge in [-0.15, -0.1) is 5.10 Å². The summed E-state index contributed by atoms with van der Waals surface area (Å²) < 4.78 is 6.88. The van der Waals surface area contributed by atoms with E-state index in [-0.39, 0.29) is 0 Å². The van der Waals surface area contributed by atoms with Gasteiger partial charge in [0, 0.05) is 22.8 Å². The van der Waals surface area contributed by atoms with Gasteiger partial charge in [0.05, 0.1) is 7.11 Å². The molecule has 90 valence electrons. The van der Waals surface area contributed by atoms with Crippen LogP contribution in [0, 0.1) is 0 Å². The zero-order chi connectivity index (χ0) is 12.5. The molecule has 18 heavy (non-hydrogen) atoms. The Bertz CT molecular complexity index is 708. The van der Waals surface area contributed by atoms with Crippen molar-refractivity contribution in [3.8, 4) is 17.1 Å². The largest absolute Gasteiger partial charge is 0.497 e. The lowest BCUT2D eigenvalue weighted by Gasteiger charge is -2.00. The number of benzene rings is 1. The Hall–Kier alpha value is -2.07. The molecule has 3 rings (SSSR count). The second-order valence-corrected chi connectivity index (χ2v) is 4.25. The highest BCUT2D eigenvalue weighted by Gasteiger charge is 2.07. The van der Waals surface area contributed by atoms with Crippen LogP contribution in [-0.2, 0) is 0 Å². The van der Waals surface area contributed by atoms with Gasteiger partial charge in [0.1, 0.15) is 5.75 Å². The predicted octanol–water partition coefficient (Wildman–Crippen LogP) is 3.06. The molecule has 0 aliphatic rings. The molecule has 0 saturated heterocycles. The van der Waals surface area contributed by atoms with Crippen molar-refractivity contribution in [2.45, 2.75) is 0 Å². The lowest BCUT2D eigenvalue weighted by molar-refractivity contribution is 0.415. The number of aromatic nitrogens is 3. The van der Waals surface area contributed by atoms with Crippen LogP contribution in [0.5, 0.6) is 5.75 Å². The van der Waals surface area contributed by atoms with E-state index in [1.807, 2.05) is 24.3 Å². The van der Waals surface area contributed by atoms with E-state index in [0.29, 0.717) is 10.8 Å². The van der Waals surface area contributed by atoms with Gasteiger partial charge in [-0.1, -0.05) is 23.7 Å². The summed E-state index contributed by atoms with van der Waals surface area (Å²) in [5.74, 6) is 1.43. The summed E-state index contributed by atoms with van der Waals surface area (Å²) in [4.78, 5) is 4.43. The highest BCUT2D eigenvalue weighted by Crippen LogP contribution is 2.22. The van der Waals surface area contributed by atoms with E-state index < -0.39 is 0 Å². The first-order chi connectivity index (χ1) is 8.76. The fourth-order valence-electron chi connectivity index (χ4n) is 1.74. The molecule has 0 spiro atoms. The van der Waals surface area contributed by atoms with Crippen LogP contribution < -0.4 is 4.74 Å². The third-order valence-electron chi connectivity index (χ3n) is 2.63. The monoisotopic (exact) mass is 259 g/mol. The maximum Gasteiger partial charge on any atom is 0.182 e. The van der Waals surface area contributed by atoms with Gasteiger partial charge in [-0.05, 0) is 18.2 Å². The molecule has 5 heteroatoms. The molecular weight excluding hydrogens is 250 g/mol. The van der Waals surface area contributed by atoms with E-state index in [4.69, 9.17) is 16.3 Å². The molecule has 4 nitrogen and oxygen atoms in total. The van der Waals surface area contributed by atoms with Crippen molar-refractivity contribution >= 4 is 17.2 Å². The minimum absolute atomic E-state index is 0.645. The second-order valence-electron chi connectivity index (χ2n) is 3.82. The Morgan fingerprint density at radius 1 is 1.22 bits per heavy atom.